The van der Waals surface area contributed by atoms with Gasteiger partial charge in [-0.1, -0.05) is 60.7 Å². The fourth-order valence-corrected chi connectivity index (χ4v) is 4.64. The first-order valence-electron chi connectivity index (χ1n) is 12.2. The Hall–Kier alpha value is -3.41. The number of benzene rings is 3. The topological polar surface area (TPSA) is 36.3 Å². The van der Waals surface area contributed by atoms with E-state index in [9.17, 15) is 0 Å². The number of piperazine rings is 1. The summed E-state index contributed by atoms with van der Waals surface area (Å²) in [7, 11) is 0. The molecule has 1 aliphatic heterocycles. The number of para-hydroxylation sites is 2. The van der Waals surface area contributed by atoms with E-state index >= 15 is 0 Å². The molecule has 1 aliphatic rings. The van der Waals surface area contributed by atoms with Crippen LogP contribution in [0.15, 0.2) is 91.1 Å². The van der Waals surface area contributed by atoms with Gasteiger partial charge in [-0.25, -0.2) is 4.68 Å². The highest BCUT2D eigenvalue weighted by molar-refractivity contribution is 5.46. The largest absolute Gasteiger partial charge is 0.369 e. The molecule has 4 aromatic rings. The molecule has 0 saturated carbocycles. The number of anilines is 1. The van der Waals surface area contributed by atoms with Gasteiger partial charge in [0.2, 0.25) is 0 Å². The van der Waals surface area contributed by atoms with E-state index in [0.29, 0.717) is 0 Å². The van der Waals surface area contributed by atoms with Gasteiger partial charge in [0.1, 0.15) is 0 Å². The Morgan fingerprint density at radius 1 is 0.676 bits per heavy atom. The highest BCUT2D eigenvalue weighted by Gasteiger charge is 2.18. The van der Waals surface area contributed by atoms with Gasteiger partial charge in [-0.15, -0.1) is 0 Å². The van der Waals surface area contributed by atoms with Crippen molar-refractivity contribution in [2.75, 3.05) is 31.1 Å². The van der Waals surface area contributed by atoms with Crippen molar-refractivity contribution in [3.05, 3.63) is 114 Å². The Labute approximate surface area is 202 Å². The third-order valence-electron chi connectivity index (χ3n) is 6.66. The molecule has 1 aromatic heterocycles. The normalized spacial score (nSPS) is 14.4. The van der Waals surface area contributed by atoms with Crippen molar-refractivity contribution in [3.8, 4) is 5.69 Å². The second-order valence-electron chi connectivity index (χ2n) is 8.99. The van der Waals surface area contributed by atoms with E-state index in [2.05, 4.69) is 95.0 Å². The van der Waals surface area contributed by atoms with Gasteiger partial charge in [0.05, 0.1) is 11.4 Å². The van der Waals surface area contributed by atoms with Crippen LogP contribution in [-0.4, -0.2) is 40.9 Å². The minimum atomic E-state index is 0.808. The zero-order valence-electron chi connectivity index (χ0n) is 19.9. The molecule has 0 radical (unpaired) electrons. The number of rotatable bonds is 8. The molecule has 5 rings (SSSR count). The van der Waals surface area contributed by atoms with E-state index < -0.39 is 0 Å². The summed E-state index contributed by atoms with van der Waals surface area (Å²) in [6.45, 7) is 9.09. The van der Waals surface area contributed by atoms with Gasteiger partial charge < -0.3 is 10.2 Å². The average molecular weight is 452 g/mol. The highest BCUT2D eigenvalue weighted by atomic mass is 15.3. The van der Waals surface area contributed by atoms with E-state index in [1.165, 1.54) is 22.4 Å². The minimum absolute atomic E-state index is 0.808. The molecule has 0 unspecified atom stereocenters. The van der Waals surface area contributed by atoms with Gasteiger partial charge in [0.25, 0.3) is 0 Å². The van der Waals surface area contributed by atoms with Crippen molar-refractivity contribution in [1.82, 2.24) is 20.0 Å². The molecule has 0 aliphatic carbocycles. The van der Waals surface area contributed by atoms with Crippen LogP contribution in [0.25, 0.3) is 5.69 Å². The molecule has 0 bridgehead atoms. The monoisotopic (exact) mass is 451 g/mol. The van der Waals surface area contributed by atoms with Gasteiger partial charge in [-0.3, -0.25) is 4.90 Å². The standard InChI is InChI=1S/C29H33N5/c1-24-27(23-34(31-24)29-14-6-3-7-15-29)21-30-20-25-10-8-9-11-26(25)22-32-16-18-33(19-17-32)28-12-4-2-5-13-28/h2-15,23,30H,16-22H2,1H3. The minimum Gasteiger partial charge on any atom is -0.369 e. The SMILES string of the molecule is Cc1nn(-c2ccccc2)cc1CNCc1ccccc1CN1CCN(c2ccccc2)CC1. The summed E-state index contributed by atoms with van der Waals surface area (Å²) in [5.41, 5.74) is 7.52. The summed E-state index contributed by atoms with van der Waals surface area (Å²) in [5, 5.41) is 8.35. The Kier molecular flexibility index (Phi) is 7.03. The molecule has 2 heterocycles. The third kappa shape index (κ3) is 5.38. The maximum Gasteiger partial charge on any atom is 0.0645 e. The summed E-state index contributed by atoms with van der Waals surface area (Å²) >= 11 is 0. The lowest BCUT2D eigenvalue weighted by atomic mass is 10.1. The number of hydrogen-bond acceptors (Lipinski definition) is 4. The summed E-state index contributed by atoms with van der Waals surface area (Å²) < 4.78 is 1.97. The fraction of sp³-hybridized carbons (Fsp3) is 0.276. The maximum absolute atomic E-state index is 4.70. The van der Waals surface area contributed by atoms with Gasteiger partial charge in [-0.2, -0.15) is 5.10 Å². The van der Waals surface area contributed by atoms with Crippen molar-refractivity contribution < 1.29 is 0 Å². The lowest BCUT2D eigenvalue weighted by molar-refractivity contribution is 0.249. The highest BCUT2D eigenvalue weighted by Crippen LogP contribution is 2.18. The van der Waals surface area contributed by atoms with Crippen LogP contribution in [0.1, 0.15) is 22.4 Å². The van der Waals surface area contributed by atoms with Gasteiger partial charge in [0.15, 0.2) is 0 Å². The molecule has 174 valence electrons. The van der Waals surface area contributed by atoms with E-state index in [4.69, 9.17) is 5.10 Å². The Bertz CT molecular complexity index is 1180. The van der Waals surface area contributed by atoms with E-state index in [1.54, 1.807) is 0 Å². The molecule has 3 aromatic carbocycles. The molecular formula is C29H33N5. The van der Waals surface area contributed by atoms with Gasteiger partial charge >= 0.3 is 0 Å². The summed E-state index contributed by atoms with van der Waals surface area (Å²) in [6.07, 6.45) is 2.13. The fourth-order valence-electron chi connectivity index (χ4n) is 4.64. The Morgan fingerprint density at radius 2 is 1.26 bits per heavy atom. The predicted molar refractivity (Wildman–Crippen MR) is 139 cm³/mol. The Balaban J connectivity index is 1.16. The summed E-state index contributed by atoms with van der Waals surface area (Å²) in [4.78, 5) is 5.06. The van der Waals surface area contributed by atoms with Crippen LogP contribution in [0, 0.1) is 6.92 Å². The van der Waals surface area contributed by atoms with E-state index in [0.717, 1.165) is 57.2 Å². The van der Waals surface area contributed by atoms with E-state index in [1.807, 2.05) is 22.9 Å². The smallest absolute Gasteiger partial charge is 0.0645 e. The van der Waals surface area contributed by atoms with Crippen molar-refractivity contribution in [3.63, 3.8) is 0 Å². The van der Waals surface area contributed by atoms with Crippen LogP contribution in [0.3, 0.4) is 0 Å². The van der Waals surface area contributed by atoms with Crippen LogP contribution in [-0.2, 0) is 19.6 Å². The molecule has 1 N–H and O–H groups in total. The molecule has 0 atom stereocenters. The van der Waals surface area contributed by atoms with Crippen molar-refractivity contribution >= 4 is 5.69 Å². The molecule has 0 spiro atoms. The van der Waals surface area contributed by atoms with Crippen LogP contribution < -0.4 is 10.2 Å². The second kappa shape index (κ2) is 10.7. The maximum atomic E-state index is 4.70. The van der Waals surface area contributed by atoms with E-state index in [-0.39, 0.29) is 0 Å². The van der Waals surface area contributed by atoms with Crippen molar-refractivity contribution in [2.45, 2.75) is 26.6 Å². The summed E-state index contributed by atoms with van der Waals surface area (Å²) in [5.74, 6) is 0. The lowest BCUT2D eigenvalue weighted by Crippen LogP contribution is -2.46. The van der Waals surface area contributed by atoms with Crippen LogP contribution in [0.2, 0.25) is 0 Å². The van der Waals surface area contributed by atoms with Crippen LogP contribution >= 0.6 is 0 Å². The zero-order chi connectivity index (χ0) is 23.2. The van der Waals surface area contributed by atoms with Crippen LogP contribution in [0.4, 0.5) is 5.69 Å². The first kappa shape index (κ1) is 22.4. The number of nitrogens with zero attached hydrogens (tertiary/aromatic N) is 4. The molecule has 5 heteroatoms. The first-order chi connectivity index (χ1) is 16.8. The van der Waals surface area contributed by atoms with Crippen molar-refractivity contribution in [1.29, 1.82) is 0 Å². The number of aromatic nitrogens is 2. The lowest BCUT2D eigenvalue weighted by Gasteiger charge is -2.36. The van der Waals surface area contributed by atoms with Gasteiger partial charge in [0, 0.05) is 63.3 Å². The molecule has 0 amide bonds. The number of nitrogens with one attached hydrogen (secondary N) is 1. The predicted octanol–water partition coefficient (Wildman–Crippen LogP) is 4.79. The third-order valence-corrected chi connectivity index (χ3v) is 6.66. The zero-order valence-corrected chi connectivity index (χ0v) is 19.9. The number of aryl methyl sites for hydroxylation is 1. The second-order valence-corrected chi connectivity index (χ2v) is 8.99. The van der Waals surface area contributed by atoms with Crippen LogP contribution in [0.5, 0.6) is 0 Å². The Morgan fingerprint density at radius 3 is 1.97 bits per heavy atom. The molecular weight excluding hydrogens is 418 g/mol. The first-order valence-corrected chi connectivity index (χ1v) is 12.2. The number of hydrogen-bond donors (Lipinski definition) is 1. The van der Waals surface area contributed by atoms with Gasteiger partial charge in [-0.05, 0) is 42.3 Å². The molecule has 5 nitrogen and oxygen atoms in total. The molecule has 34 heavy (non-hydrogen) atoms. The van der Waals surface area contributed by atoms with Crippen molar-refractivity contribution in [2.24, 2.45) is 0 Å². The summed E-state index contributed by atoms with van der Waals surface area (Å²) in [6, 6.07) is 29.9. The molecule has 1 saturated heterocycles. The average Bonchev–Trinajstić information content (AvgIpc) is 3.27. The quantitative estimate of drug-likeness (QED) is 0.418. The molecule has 1 fully saturated rings.